The molecule has 0 saturated carbocycles. The van der Waals surface area contributed by atoms with E-state index in [9.17, 15) is 0 Å². The summed E-state index contributed by atoms with van der Waals surface area (Å²) < 4.78 is 3.45. The molecule has 84 valence electrons. The van der Waals surface area contributed by atoms with E-state index in [0.717, 1.165) is 26.2 Å². The molecule has 16 heavy (non-hydrogen) atoms. The molecular weight excluding hydrogens is 286 g/mol. The fraction of sp³-hybridized carbons (Fsp3) is 0.364. The third-order valence-electron chi connectivity index (χ3n) is 2.85. The molecule has 0 saturated heterocycles. The Morgan fingerprint density at radius 2 is 2.38 bits per heavy atom. The van der Waals surface area contributed by atoms with E-state index in [4.69, 9.17) is 0 Å². The first-order valence-electron chi connectivity index (χ1n) is 5.26. The summed E-state index contributed by atoms with van der Waals surface area (Å²) in [6.07, 6.45) is 3.95. The lowest BCUT2D eigenvalue weighted by Gasteiger charge is -2.27. The smallest absolute Gasteiger partial charge is 0.122 e. The Kier molecular flexibility index (Phi) is 2.83. The van der Waals surface area contributed by atoms with Crippen molar-refractivity contribution in [2.45, 2.75) is 19.6 Å². The summed E-state index contributed by atoms with van der Waals surface area (Å²) in [5, 5.41) is 2.21. The summed E-state index contributed by atoms with van der Waals surface area (Å²) in [5.74, 6) is 1.18. The van der Waals surface area contributed by atoms with Gasteiger partial charge >= 0.3 is 0 Å². The number of rotatable bonds is 2. The minimum absolute atomic E-state index is 0.959. The first kappa shape index (κ1) is 10.5. The Labute approximate surface area is 107 Å². The van der Waals surface area contributed by atoms with E-state index in [1.165, 1.54) is 15.2 Å². The summed E-state index contributed by atoms with van der Waals surface area (Å²) in [6.45, 7) is 4.15. The van der Waals surface area contributed by atoms with Gasteiger partial charge < -0.3 is 4.57 Å². The van der Waals surface area contributed by atoms with Gasteiger partial charge in [-0.25, -0.2) is 4.98 Å². The molecule has 0 bridgehead atoms. The Bertz CT molecular complexity index is 491. The Morgan fingerprint density at radius 3 is 3.19 bits per heavy atom. The maximum Gasteiger partial charge on any atom is 0.122 e. The molecule has 3 heterocycles. The molecule has 0 aromatic carbocycles. The molecular formula is C11H12BrN3S. The van der Waals surface area contributed by atoms with Crippen molar-refractivity contribution in [2.75, 3.05) is 6.54 Å². The molecule has 0 atom stereocenters. The molecule has 5 heteroatoms. The Morgan fingerprint density at radius 1 is 1.44 bits per heavy atom. The summed E-state index contributed by atoms with van der Waals surface area (Å²) in [4.78, 5) is 6.81. The van der Waals surface area contributed by atoms with Crippen molar-refractivity contribution < 1.29 is 0 Å². The van der Waals surface area contributed by atoms with Crippen LogP contribution in [0.5, 0.6) is 0 Å². The van der Waals surface area contributed by atoms with Crippen LogP contribution in [0.4, 0.5) is 0 Å². The number of hydrogen-bond acceptors (Lipinski definition) is 3. The summed E-state index contributed by atoms with van der Waals surface area (Å²) >= 11 is 5.25. The minimum atomic E-state index is 0.959. The van der Waals surface area contributed by atoms with E-state index < -0.39 is 0 Å². The average Bonchev–Trinajstić information content (AvgIpc) is 2.87. The summed E-state index contributed by atoms with van der Waals surface area (Å²) in [7, 11) is 0. The molecule has 0 N–H and O–H groups in total. The molecule has 0 amide bonds. The zero-order chi connectivity index (χ0) is 11.0. The van der Waals surface area contributed by atoms with Crippen LogP contribution in [0.3, 0.4) is 0 Å². The van der Waals surface area contributed by atoms with Crippen molar-refractivity contribution in [2.24, 2.45) is 0 Å². The second kappa shape index (κ2) is 4.31. The average molecular weight is 298 g/mol. The monoisotopic (exact) mass is 297 g/mol. The SMILES string of the molecule is Brc1cc(CN2CCn3ccnc3C2)cs1. The van der Waals surface area contributed by atoms with Gasteiger partial charge in [-0.1, -0.05) is 0 Å². The molecule has 0 radical (unpaired) electrons. The summed E-state index contributed by atoms with van der Waals surface area (Å²) in [5.41, 5.74) is 1.39. The lowest BCUT2D eigenvalue weighted by molar-refractivity contribution is 0.209. The van der Waals surface area contributed by atoms with Gasteiger partial charge in [-0.2, -0.15) is 0 Å². The standard InChI is InChI=1S/C11H12BrN3S/c12-10-5-9(8-16-10)6-14-3-4-15-2-1-13-11(15)7-14/h1-2,5,8H,3-4,6-7H2. The highest BCUT2D eigenvalue weighted by Crippen LogP contribution is 2.22. The fourth-order valence-corrected chi connectivity index (χ4v) is 3.25. The Hall–Kier alpha value is -0.650. The molecule has 3 rings (SSSR count). The van der Waals surface area contributed by atoms with Gasteiger partial charge in [0.15, 0.2) is 0 Å². The van der Waals surface area contributed by atoms with Gasteiger partial charge in [0.2, 0.25) is 0 Å². The molecule has 1 aliphatic rings. The van der Waals surface area contributed by atoms with Gasteiger partial charge in [-0.05, 0) is 32.9 Å². The zero-order valence-corrected chi connectivity index (χ0v) is 11.2. The normalized spacial score (nSPS) is 16.3. The predicted octanol–water partition coefficient (Wildman–Crippen LogP) is 2.72. The molecule has 2 aromatic rings. The van der Waals surface area contributed by atoms with Gasteiger partial charge in [-0.3, -0.25) is 4.90 Å². The van der Waals surface area contributed by atoms with E-state index in [1.54, 1.807) is 11.3 Å². The van der Waals surface area contributed by atoms with Crippen LogP contribution in [-0.2, 0) is 19.6 Å². The zero-order valence-electron chi connectivity index (χ0n) is 8.77. The fourth-order valence-electron chi connectivity index (χ4n) is 2.05. The first-order valence-corrected chi connectivity index (χ1v) is 6.94. The van der Waals surface area contributed by atoms with E-state index in [1.807, 2.05) is 6.20 Å². The van der Waals surface area contributed by atoms with E-state index in [0.29, 0.717) is 0 Å². The van der Waals surface area contributed by atoms with Crippen molar-refractivity contribution in [1.82, 2.24) is 14.5 Å². The minimum Gasteiger partial charge on any atom is -0.333 e. The summed E-state index contributed by atoms with van der Waals surface area (Å²) in [6, 6.07) is 2.20. The van der Waals surface area contributed by atoms with Crippen molar-refractivity contribution in [3.05, 3.63) is 39.0 Å². The lowest BCUT2D eigenvalue weighted by atomic mass is 10.3. The number of thiophene rings is 1. The van der Waals surface area contributed by atoms with Crippen LogP contribution in [0.15, 0.2) is 27.6 Å². The van der Waals surface area contributed by atoms with Crippen molar-refractivity contribution in [3.8, 4) is 0 Å². The second-order valence-corrected chi connectivity index (χ2v) is 6.30. The topological polar surface area (TPSA) is 21.1 Å². The van der Waals surface area contributed by atoms with Crippen molar-refractivity contribution >= 4 is 27.3 Å². The third-order valence-corrected chi connectivity index (χ3v) is 4.41. The van der Waals surface area contributed by atoms with E-state index in [-0.39, 0.29) is 0 Å². The quantitative estimate of drug-likeness (QED) is 0.850. The Balaban J connectivity index is 1.70. The van der Waals surface area contributed by atoms with Crippen LogP contribution in [0.1, 0.15) is 11.4 Å². The van der Waals surface area contributed by atoms with Crippen molar-refractivity contribution in [3.63, 3.8) is 0 Å². The molecule has 0 spiro atoms. The van der Waals surface area contributed by atoms with Gasteiger partial charge in [0.1, 0.15) is 5.82 Å². The van der Waals surface area contributed by atoms with E-state index >= 15 is 0 Å². The number of fused-ring (bicyclic) bond motifs is 1. The first-order chi connectivity index (χ1) is 7.81. The van der Waals surface area contributed by atoms with Gasteiger partial charge in [0, 0.05) is 32.0 Å². The number of imidazole rings is 1. The highest BCUT2D eigenvalue weighted by molar-refractivity contribution is 9.11. The van der Waals surface area contributed by atoms with Gasteiger partial charge in [-0.15, -0.1) is 11.3 Å². The second-order valence-electron chi connectivity index (χ2n) is 4.01. The molecule has 0 unspecified atom stereocenters. The maximum atomic E-state index is 4.37. The van der Waals surface area contributed by atoms with Crippen LogP contribution in [0.2, 0.25) is 0 Å². The maximum absolute atomic E-state index is 4.37. The molecule has 0 fully saturated rings. The van der Waals surface area contributed by atoms with Crippen LogP contribution < -0.4 is 0 Å². The largest absolute Gasteiger partial charge is 0.333 e. The molecule has 1 aliphatic heterocycles. The van der Waals surface area contributed by atoms with Crippen LogP contribution >= 0.6 is 27.3 Å². The molecule has 0 aliphatic carbocycles. The van der Waals surface area contributed by atoms with Gasteiger partial charge in [0.05, 0.1) is 10.3 Å². The third kappa shape index (κ3) is 2.07. The lowest BCUT2D eigenvalue weighted by Crippen LogP contribution is -2.33. The van der Waals surface area contributed by atoms with Gasteiger partial charge in [0.25, 0.3) is 0 Å². The number of hydrogen-bond donors (Lipinski definition) is 0. The predicted molar refractivity (Wildman–Crippen MR) is 68.4 cm³/mol. The number of nitrogens with zero attached hydrogens (tertiary/aromatic N) is 3. The molecule has 2 aromatic heterocycles. The number of aromatic nitrogens is 2. The highest BCUT2D eigenvalue weighted by atomic mass is 79.9. The van der Waals surface area contributed by atoms with Crippen LogP contribution in [0.25, 0.3) is 0 Å². The molecule has 3 nitrogen and oxygen atoms in total. The van der Waals surface area contributed by atoms with Crippen LogP contribution in [-0.4, -0.2) is 21.0 Å². The highest BCUT2D eigenvalue weighted by Gasteiger charge is 2.16. The van der Waals surface area contributed by atoms with Crippen molar-refractivity contribution in [1.29, 1.82) is 0 Å². The number of halogens is 1. The van der Waals surface area contributed by atoms with E-state index in [2.05, 4.69) is 48.0 Å². The van der Waals surface area contributed by atoms with Crippen LogP contribution in [0, 0.1) is 0 Å².